The molecule has 0 atom stereocenters. The fraction of sp³-hybridized carbons (Fsp3) is 0.120. The zero-order chi connectivity index (χ0) is 22.7. The van der Waals surface area contributed by atoms with Gasteiger partial charge < -0.3 is 5.32 Å². The second-order valence-electron chi connectivity index (χ2n) is 7.23. The monoisotopic (exact) mass is 463 g/mol. The van der Waals surface area contributed by atoms with E-state index in [4.69, 9.17) is 11.6 Å². The molecule has 0 unspecified atom stereocenters. The van der Waals surface area contributed by atoms with E-state index in [2.05, 4.69) is 5.32 Å². The molecule has 1 N–H and O–H groups in total. The molecule has 5 nitrogen and oxygen atoms in total. The van der Waals surface area contributed by atoms with Crippen LogP contribution in [0.5, 0.6) is 0 Å². The Bertz CT molecular complexity index is 1240. The molecule has 1 aliphatic rings. The molecule has 0 heterocycles. The molecule has 0 spiro atoms. The third-order valence-corrected chi connectivity index (χ3v) is 6.40. The number of ketones is 3. The molecular weight excluding hydrogens is 446 g/mol. The summed E-state index contributed by atoms with van der Waals surface area (Å²) in [4.78, 5) is 52.1. The number of fused-ring (bicyclic) bond motifs is 2. The van der Waals surface area contributed by atoms with E-state index >= 15 is 0 Å². The molecular formula is C25H18ClNO4S. The highest BCUT2D eigenvalue weighted by atomic mass is 35.5. The van der Waals surface area contributed by atoms with Gasteiger partial charge >= 0.3 is 0 Å². The van der Waals surface area contributed by atoms with Crippen LogP contribution in [0.3, 0.4) is 0 Å². The first kappa shape index (κ1) is 22.0. The first-order valence-corrected chi connectivity index (χ1v) is 11.4. The zero-order valence-corrected chi connectivity index (χ0v) is 18.5. The maximum atomic E-state index is 13.3. The van der Waals surface area contributed by atoms with Crippen LogP contribution >= 0.6 is 23.4 Å². The van der Waals surface area contributed by atoms with Crippen molar-refractivity contribution in [3.05, 3.63) is 94.5 Å². The highest BCUT2D eigenvalue weighted by Crippen LogP contribution is 2.35. The van der Waals surface area contributed by atoms with Gasteiger partial charge in [0.1, 0.15) is 0 Å². The molecule has 1 amide bonds. The van der Waals surface area contributed by atoms with E-state index in [1.165, 1.54) is 17.8 Å². The Kier molecular flexibility index (Phi) is 6.53. The van der Waals surface area contributed by atoms with Gasteiger partial charge in [0.25, 0.3) is 0 Å². The normalized spacial score (nSPS) is 12.2. The van der Waals surface area contributed by atoms with Gasteiger partial charge in [0, 0.05) is 28.0 Å². The summed E-state index contributed by atoms with van der Waals surface area (Å²) in [5.41, 5.74) is 1.58. The van der Waals surface area contributed by atoms with Crippen LogP contribution < -0.4 is 5.32 Å². The topological polar surface area (TPSA) is 80.3 Å². The minimum atomic E-state index is -0.360. The number of anilines is 1. The van der Waals surface area contributed by atoms with Gasteiger partial charge in [-0.05, 0) is 23.8 Å². The average Bonchev–Trinajstić information content (AvgIpc) is 2.82. The van der Waals surface area contributed by atoms with E-state index in [1.807, 2.05) is 30.3 Å². The van der Waals surface area contributed by atoms with E-state index in [-0.39, 0.29) is 63.7 Å². The molecule has 0 saturated heterocycles. The fourth-order valence-corrected chi connectivity index (χ4v) is 4.43. The van der Waals surface area contributed by atoms with Gasteiger partial charge in [-0.15, -0.1) is 23.4 Å². The van der Waals surface area contributed by atoms with Crippen molar-refractivity contribution in [2.75, 3.05) is 16.9 Å². The standard InChI is InChI=1S/C25H18ClNO4S/c26-13-16(28)12-15-10-11-20-22(25(31)19-9-5-4-8-18(19)24(20)30)23(15)27-21(29)14-32-17-6-2-1-3-7-17/h1-11H,12-14H2,(H,27,29). The number of rotatable bonds is 7. The van der Waals surface area contributed by atoms with Crippen LogP contribution in [-0.4, -0.2) is 34.9 Å². The third kappa shape index (κ3) is 4.38. The summed E-state index contributed by atoms with van der Waals surface area (Å²) in [7, 11) is 0. The van der Waals surface area contributed by atoms with Crippen molar-refractivity contribution in [3.8, 4) is 0 Å². The number of thioether (sulfide) groups is 1. The lowest BCUT2D eigenvalue weighted by Crippen LogP contribution is -2.26. The summed E-state index contributed by atoms with van der Waals surface area (Å²) in [6.07, 6.45) is -0.0542. The first-order valence-electron chi connectivity index (χ1n) is 9.89. The number of Topliss-reactive ketones (excluding diaryl/α,β-unsaturated/α-hetero) is 1. The molecule has 3 aromatic rings. The number of benzene rings is 3. The lowest BCUT2D eigenvalue weighted by atomic mass is 9.81. The summed E-state index contributed by atoms with van der Waals surface area (Å²) < 4.78 is 0. The molecule has 3 aromatic carbocycles. The highest BCUT2D eigenvalue weighted by Gasteiger charge is 2.33. The number of hydrogen-bond donors (Lipinski definition) is 1. The van der Waals surface area contributed by atoms with Crippen molar-refractivity contribution in [2.24, 2.45) is 0 Å². The van der Waals surface area contributed by atoms with Crippen LogP contribution in [0.1, 0.15) is 37.4 Å². The predicted molar refractivity (Wildman–Crippen MR) is 125 cm³/mol. The lowest BCUT2D eigenvalue weighted by molar-refractivity contribution is -0.116. The lowest BCUT2D eigenvalue weighted by Gasteiger charge is -2.22. The Balaban J connectivity index is 1.72. The number of amides is 1. The van der Waals surface area contributed by atoms with E-state index in [0.717, 1.165) is 4.90 Å². The molecule has 32 heavy (non-hydrogen) atoms. The molecule has 0 radical (unpaired) electrons. The number of carbonyl (C=O) groups is 4. The second kappa shape index (κ2) is 9.51. The minimum Gasteiger partial charge on any atom is -0.324 e. The quantitative estimate of drug-likeness (QED) is 0.321. The molecule has 0 fully saturated rings. The number of nitrogens with one attached hydrogen (secondary N) is 1. The Morgan fingerprint density at radius 2 is 1.47 bits per heavy atom. The smallest absolute Gasteiger partial charge is 0.234 e. The Morgan fingerprint density at radius 3 is 2.16 bits per heavy atom. The van der Waals surface area contributed by atoms with E-state index in [1.54, 1.807) is 30.3 Å². The SMILES string of the molecule is O=C(CCl)Cc1ccc2c(c1NC(=O)CSc1ccccc1)C(=O)c1ccccc1C2=O. The summed E-state index contributed by atoms with van der Waals surface area (Å²) >= 11 is 7.03. The molecule has 4 rings (SSSR count). The van der Waals surface area contributed by atoms with Gasteiger partial charge in [0.15, 0.2) is 17.3 Å². The first-order chi connectivity index (χ1) is 15.5. The second-order valence-corrected chi connectivity index (χ2v) is 8.54. The van der Waals surface area contributed by atoms with Crippen molar-refractivity contribution < 1.29 is 19.2 Å². The van der Waals surface area contributed by atoms with Crippen molar-refractivity contribution in [2.45, 2.75) is 11.3 Å². The van der Waals surface area contributed by atoms with Crippen LogP contribution in [0.25, 0.3) is 0 Å². The molecule has 0 saturated carbocycles. The third-order valence-electron chi connectivity index (χ3n) is 5.09. The number of carbonyl (C=O) groups excluding carboxylic acids is 4. The minimum absolute atomic E-state index is 0.0542. The average molecular weight is 464 g/mol. The number of hydrogen-bond acceptors (Lipinski definition) is 5. The van der Waals surface area contributed by atoms with Crippen molar-refractivity contribution >= 4 is 52.3 Å². The Morgan fingerprint density at radius 1 is 0.812 bits per heavy atom. The van der Waals surface area contributed by atoms with Crippen molar-refractivity contribution in [1.82, 2.24) is 0 Å². The molecule has 7 heteroatoms. The molecule has 160 valence electrons. The number of halogens is 1. The van der Waals surface area contributed by atoms with Crippen LogP contribution in [0.4, 0.5) is 5.69 Å². The fourth-order valence-electron chi connectivity index (χ4n) is 3.62. The number of alkyl halides is 1. The van der Waals surface area contributed by atoms with Gasteiger partial charge in [0.2, 0.25) is 5.91 Å². The van der Waals surface area contributed by atoms with Crippen molar-refractivity contribution in [1.29, 1.82) is 0 Å². The summed E-state index contributed by atoms with van der Waals surface area (Å²) in [5, 5.41) is 2.79. The predicted octanol–water partition coefficient (Wildman–Crippen LogP) is 4.54. The maximum absolute atomic E-state index is 13.3. The summed E-state index contributed by atoms with van der Waals surface area (Å²) in [6, 6.07) is 19.2. The largest absolute Gasteiger partial charge is 0.324 e. The van der Waals surface area contributed by atoms with Crippen LogP contribution in [0, 0.1) is 0 Å². The highest BCUT2D eigenvalue weighted by molar-refractivity contribution is 8.00. The van der Waals surface area contributed by atoms with Crippen LogP contribution in [-0.2, 0) is 16.0 Å². The van der Waals surface area contributed by atoms with Gasteiger partial charge in [-0.25, -0.2) is 0 Å². The maximum Gasteiger partial charge on any atom is 0.234 e. The summed E-state index contributed by atoms with van der Waals surface area (Å²) in [6.45, 7) is 0. The molecule has 0 bridgehead atoms. The molecule has 1 aliphatic carbocycles. The van der Waals surface area contributed by atoms with Gasteiger partial charge in [0.05, 0.1) is 22.9 Å². The van der Waals surface area contributed by atoms with Gasteiger partial charge in [-0.1, -0.05) is 48.5 Å². The van der Waals surface area contributed by atoms with E-state index in [0.29, 0.717) is 11.1 Å². The van der Waals surface area contributed by atoms with Crippen molar-refractivity contribution in [3.63, 3.8) is 0 Å². The Hall–Kier alpha value is -3.22. The van der Waals surface area contributed by atoms with E-state index < -0.39 is 0 Å². The summed E-state index contributed by atoms with van der Waals surface area (Å²) in [5.74, 6) is -1.33. The van der Waals surface area contributed by atoms with Crippen LogP contribution in [0.15, 0.2) is 71.6 Å². The molecule has 0 aromatic heterocycles. The van der Waals surface area contributed by atoms with Gasteiger partial charge in [-0.3, -0.25) is 19.2 Å². The van der Waals surface area contributed by atoms with Crippen LogP contribution in [0.2, 0.25) is 0 Å². The van der Waals surface area contributed by atoms with E-state index in [9.17, 15) is 19.2 Å². The Labute approximate surface area is 194 Å². The zero-order valence-electron chi connectivity index (χ0n) is 16.9. The molecule has 0 aliphatic heterocycles. The van der Waals surface area contributed by atoms with Gasteiger partial charge in [-0.2, -0.15) is 0 Å².